The number of tetrazole rings is 1. The van der Waals surface area contributed by atoms with Crippen LogP contribution in [-0.4, -0.2) is 33.3 Å². The molecule has 0 aromatic carbocycles. The van der Waals surface area contributed by atoms with Crippen LogP contribution >= 0.6 is 0 Å². The van der Waals surface area contributed by atoms with Crippen molar-refractivity contribution in [2.45, 2.75) is 12.8 Å². The van der Waals surface area contributed by atoms with E-state index in [0.29, 0.717) is 11.4 Å². The molecule has 1 saturated carbocycles. The first-order chi connectivity index (χ1) is 6.26. The van der Waals surface area contributed by atoms with Crippen molar-refractivity contribution in [3.8, 4) is 0 Å². The minimum Gasteiger partial charge on any atom is -0.352 e. The summed E-state index contributed by atoms with van der Waals surface area (Å²) in [5.41, 5.74) is 5.96. The molecule has 1 heterocycles. The second-order valence-corrected chi connectivity index (χ2v) is 3.68. The first kappa shape index (κ1) is 8.43. The number of hydrogen-bond donors (Lipinski definition) is 2. The van der Waals surface area contributed by atoms with Gasteiger partial charge >= 0.3 is 0 Å². The summed E-state index contributed by atoms with van der Waals surface area (Å²) >= 11 is 0. The zero-order valence-corrected chi connectivity index (χ0v) is 7.69. The zero-order valence-electron chi connectivity index (χ0n) is 7.69. The summed E-state index contributed by atoms with van der Waals surface area (Å²) in [6.07, 6.45) is 2.42. The third kappa shape index (κ3) is 1.62. The molecule has 2 rings (SSSR count). The number of nitrogens with zero attached hydrogens (tertiary/aromatic N) is 4. The number of hydrogen-bond acceptors (Lipinski definition) is 5. The van der Waals surface area contributed by atoms with Crippen LogP contribution in [-0.2, 0) is 7.05 Å². The monoisotopic (exact) mass is 182 g/mol. The molecule has 0 unspecified atom stereocenters. The average Bonchev–Trinajstić information content (AvgIpc) is 2.82. The van der Waals surface area contributed by atoms with E-state index in [1.54, 1.807) is 4.68 Å². The molecule has 6 nitrogen and oxygen atoms in total. The predicted molar refractivity (Wildman–Crippen MR) is 48.0 cm³/mol. The molecule has 0 amide bonds. The molecule has 0 saturated heterocycles. The molecule has 0 radical (unpaired) electrons. The molecule has 1 fully saturated rings. The Balaban J connectivity index is 1.90. The van der Waals surface area contributed by atoms with Crippen LogP contribution in [0.5, 0.6) is 0 Å². The maximum absolute atomic E-state index is 5.65. The lowest BCUT2D eigenvalue weighted by atomic mass is 10.1. The summed E-state index contributed by atoms with van der Waals surface area (Å²) in [5, 5.41) is 14.3. The minimum atomic E-state index is 0.311. The van der Waals surface area contributed by atoms with E-state index in [2.05, 4.69) is 20.8 Å². The van der Waals surface area contributed by atoms with Gasteiger partial charge in [-0.05, 0) is 29.8 Å². The SMILES string of the molecule is Cn1nnnc1NCC1(CN)CC1. The van der Waals surface area contributed by atoms with Crippen LogP contribution in [0, 0.1) is 5.41 Å². The second kappa shape index (κ2) is 2.95. The van der Waals surface area contributed by atoms with Crippen molar-refractivity contribution >= 4 is 5.95 Å². The van der Waals surface area contributed by atoms with Crippen LogP contribution in [0.2, 0.25) is 0 Å². The predicted octanol–water partition coefficient (Wildman–Crippen LogP) is -0.639. The fourth-order valence-electron chi connectivity index (χ4n) is 1.28. The van der Waals surface area contributed by atoms with E-state index in [1.165, 1.54) is 12.8 Å². The van der Waals surface area contributed by atoms with Crippen molar-refractivity contribution in [3.05, 3.63) is 0 Å². The van der Waals surface area contributed by atoms with Gasteiger partial charge in [-0.2, -0.15) is 0 Å². The van der Waals surface area contributed by atoms with E-state index in [1.807, 2.05) is 7.05 Å². The molecule has 6 heteroatoms. The lowest BCUT2D eigenvalue weighted by molar-refractivity contribution is 0.551. The minimum absolute atomic E-state index is 0.311. The van der Waals surface area contributed by atoms with E-state index in [0.717, 1.165) is 13.1 Å². The topological polar surface area (TPSA) is 81.7 Å². The van der Waals surface area contributed by atoms with Crippen molar-refractivity contribution < 1.29 is 0 Å². The summed E-state index contributed by atoms with van der Waals surface area (Å²) in [7, 11) is 1.81. The summed E-state index contributed by atoms with van der Waals surface area (Å²) in [6, 6.07) is 0. The summed E-state index contributed by atoms with van der Waals surface area (Å²) < 4.78 is 1.62. The van der Waals surface area contributed by atoms with Gasteiger partial charge in [-0.1, -0.05) is 5.10 Å². The van der Waals surface area contributed by atoms with Gasteiger partial charge in [0.25, 0.3) is 0 Å². The summed E-state index contributed by atoms with van der Waals surface area (Å²) in [6.45, 7) is 1.61. The van der Waals surface area contributed by atoms with Gasteiger partial charge in [0.2, 0.25) is 5.95 Å². The molecule has 1 aliphatic carbocycles. The first-order valence-corrected chi connectivity index (χ1v) is 4.42. The number of rotatable bonds is 4. The molecule has 1 aromatic rings. The van der Waals surface area contributed by atoms with Crippen LogP contribution in [0.15, 0.2) is 0 Å². The second-order valence-electron chi connectivity index (χ2n) is 3.68. The Morgan fingerprint density at radius 2 is 2.38 bits per heavy atom. The lowest BCUT2D eigenvalue weighted by Gasteiger charge is -2.12. The first-order valence-electron chi connectivity index (χ1n) is 4.42. The van der Waals surface area contributed by atoms with Gasteiger partial charge in [-0.25, -0.2) is 4.68 Å². The Hall–Kier alpha value is -1.17. The molecule has 3 N–H and O–H groups in total. The van der Waals surface area contributed by atoms with Crippen LogP contribution in [0.4, 0.5) is 5.95 Å². The van der Waals surface area contributed by atoms with Crippen LogP contribution in [0.3, 0.4) is 0 Å². The van der Waals surface area contributed by atoms with Gasteiger partial charge in [-0.3, -0.25) is 0 Å². The number of nitrogens with two attached hydrogens (primary N) is 1. The van der Waals surface area contributed by atoms with Crippen molar-refractivity contribution in [2.24, 2.45) is 18.2 Å². The highest BCUT2D eigenvalue weighted by Crippen LogP contribution is 2.44. The van der Waals surface area contributed by atoms with Crippen LogP contribution in [0.1, 0.15) is 12.8 Å². The average molecular weight is 182 g/mol. The number of aromatic nitrogens is 4. The molecular weight excluding hydrogens is 168 g/mol. The van der Waals surface area contributed by atoms with Gasteiger partial charge in [0.15, 0.2) is 0 Å². The zero-order chi connectivity index (χ0) is 9.31. The van der Waals surface area contributed by atoms with Gasteiger partial charge < -0.3 is 11.1 Å². The molecular formula is C7H14N6. The quantitative estimate of drug-likeness (QED) is 0.647. The molecule has 13 heavy (non-hydrogen) atoms. The van der Waals surface area contributed by atoms with Crippen molar-refractivity contribution in [3.63, 3.8) is 0 Å². The van der Waals surface area contributed by atoms with E-state index in [4.69, 9.17) is 5.73 Å². The van der Waals surface area contributed by atoms with Gasteiger partial charge in [0.1, 0.15) is 0 Å². The molecule has 0 aliphatic heterocycles. The Kier molecular flexibility index (Phi) is 1.91. The van der Waals surface area contributed by atoms with Crippen LogP contribution < -0.4 is 11.1 Å². The van der Waals surface area contributed by atoms with E-state index >= 15 is 0 Å². The smallest absolute Gasteiger partial charge is 0.242 e. The highest BCUT2D eigenvalue weighted by molar-refractivity contribution is 5.23. The normalized spacial score (nSPS) is 18.6. The van der Waals surface area contributed by atoms with Crippen molar-refractivity contribution in [1.82, 2.24) is 20.2 Å². The van der Waals surface area contributed by atoms with Gasteiger partial charge in [0.05, 0.1) is 0 Å². The molecule has 1 aliphatic rings. The van der Waals surface area contributed by atoms with E-state index in [-0.39, 0.29) is 0 Å². The molecule has 0 bridgehead atoms. The maximum atomic E-state index is 5.65. The Bertz CT molecular complexity index is 289. The molecule has 0 atom stereocenters. The standard InChI is InChI=1S/C7H14N6/c1-13-6(10-11-12-13)9-5-7(4-8)2-3-7/h2-5,8H2,1H3,(H,9,10,12). The van der Waals surface area contributed by atoms with Crippen LogP contribution in [0.25, 0.3) is 0 Å². The lowest BCUT2D eigenvalue weighted by Crippen LogP contribution is -2.25. The number of anilines is 1. The molecule has 72 valence electrons. The highest BCUT2D eigenvalue weighted by atomic mass is 15.6. The maximum Gasteiger partial charge on any atom is 0.242 e. The Labute approximate surface area is 76.5 Å². The Morgan fingerprint density at radius 1 is 1.62 bits per heavy atom. The summed E-state index contributed by atoms with van der Waals surface area (Å²) in [4.78, 5) is 0. The largest absolute Gasteiger partial charge is 0.352 e. The fourth-order valence-corrected chi connectivity index (χ4v) is 1.28. The van der Waals surface area contributed by atoms with Gasteiger partial charge in [0, 0.05) is 19.0 Å². The molecule has 1 aromatic heterocycles. The van der Waals surface area contributed by atoms with Crippen molar-refractivity contribution in [2.75, 3.05) is 18.4 Å². The van der Waals surface area contributed by atoms with Gasteiger partial charge in [-0.15, -0.1) is 0 Å². The molecule has 0 spiro atoms. The number of aryl methyl sites for hydroxylation is 1. The fraction of sp³-hybridized carbons (Fsp3) is 0.857. The van der Waals surface area contributed by atoms with E-state index in [9.17, 15) is 0 Å². The third-order valence-corrected chi connectivity index (χ3v) is 2.63. The third-order valence-electron chi connectivity index (χ3n) is 2.63. The van der Waals surface area contributed by atoms with E-state index < -0.39 is 0 Å². The van der Waals surface area contributed by atoms with Crippen molar-refractivity contribution in [1.29, 1.82) is 0 Å². The Morgan fingerprint density at radius 3 is 2.85 bits per heavy atom. The highest BCUT2D eigenvalue weighted by Gasteiger charge is 2.41. The summed E-state index contributed by atoms with van der Waals surface area (Å²) in [5.74, 6) is 0.708. The number of nitrogens with one attached hydrogen (secondary N) is 1.